The summed E-state index contributed by atoms with van der Waals surface area (Å²) in [5.74, 6) is 2.18. The monoisotopic (exact) mass is 356 g/mol. The van der Waals surface area contributed by atoms with E-state index in [4.69, 9.17) is 4.98 Å². The lowest BCUT2D eigenvalue weighted by Gasteiger charge is -2.35. The van der Waals surface area contributed by atoms with E-state index in [1.807, 2.05) is 0 Å². The van der Waals surface area contributed by atoms with Gasteiger partial charge in [0.1, 0.15) is 22.8 Å². The fourth-order valence-corrected chi connectivity index (χ4v) is 4.34. The van der Waals surface area contributed by atoms with Crippen molar-refractivity contribution in [2.24, 2.45) is 0 Å². The largest absolute Gasteiger partial charge is 0.353 e. The van der Waals surface area contributed by atoms with Crippen molar-refractivity contribution in [1.29, 1.82) is 0 Å². The van der Waals surface area contributed by atoms with Gasteiger partial charge >= 0.3 is 0 Å². The van der Waals surface area contributed by atoms with Gasteiger partial charge in [-0.05, 0) is 24.8 Å². The first kappa shape index (κ1) is 16.5. The number of aromatic nitrogens is 4. The third kappa shape index (κ3) is 3.14. The normalized spacial score (nSPS) is 16.0. The average molecular weight is 356 g/mol. The summed E-state index contributed by atoms with van der Waals surface area (Å²) in [5.41, 5.74) is 3.66. The molecular formula is C18H24N6S. The number of piperazine rings is 1. The van der Waals surface area contributed by atoms with Crippen molar-refractivity contribution < 1.29 is 0 Å². The number of anilines is 1. The van der Waals surface area contributed by atoms with E-state index in [1.165, 1.54) is 22.3 Å². The fourth-order valence-electron chi connectivity index (χ4n) is 3.45. The molecule has 0 atom stereocenters. The number of imidazole rings is 1. The number of hydrogen-bond acceptors (Lipinski definition) is 6. The van der Waals surface area contributed by atoms with Crippen LogP contribution in [0.5, 0.6) is 0 Å². The zero-order valence-electron chi connectivity index (χ0n) is 15.0. The number of aryl methyl sites for hydroxylation is 3. The van der Waals surface area contributed by atoms with Crippen LogP contribution in [0.3, 0.4) is 0 Å². The number of fused-ring (bicyclic) bond motifs is 1. The van der Waals surface area contributed by atoms with Crippen molar-refractivity contribution in [3.63, 3.8) is 0 Å². The molecule has 1 saturated heterocycles. The van der Waals surface area contributed by atoms with Crippen molar-refractivity contribution in [2.45, 2.75) is 33.7 Å². The van der Waals surface area contributed by atoms with E-state index in [0.717, 1.165) is 55.6 Å². The van der Waals surface area contributed by atoms with Crippen molar-refractivity contribution >= 4 is 27.4 Å². The van der Waals surface area contributed by atoms with E-state index in [2.05, 4.69) is 50.9 Å². The summed E-state index contributed by atoms with van der Waals surface area (Å²) < 4.78 is 0. The van der Waals surface area contributed by atoms with Crippen LogP contribution in [-0.4, -0.2) is 51.0 Å². The van der Waals surface area contributed by atoms with Gasteiger partial charge in [-0.1, -0.05) is 6.92 Å². The molecule has 4 heterocycles. The Labute approximate surface area is 151 Å². The van der Waals surface area contributed by atoms with Crippen LogP contribution in [0.15, 0.2) is 11.7 Å². The molecule has 25 heavy (non-hydrogen) atoms. The van der Waals surface area contributed by atoms with E-state index >= 15 is 0 Å². The first-order chi connectivity index (χ1) is 12.2. The molecule has 0 spiro atoms. The summed E-state index contributed by atoms with van der Waals surface area (Å²) in [4.78, 5) is 23.1. The number of nitrogens with one attached hydrogen (secondary N) is 1. The van der Waals surface area contributed by atoms with E-state index < -0.39 is 0 Å². The van der Waals surface area contributed by atoms with Gasteiger partial charge < -0.3 is 9.88 Å². The molecule has 4 rings (SSSR count). The highest BCUT2D eigenvalue weighted by atomic mass is 32.1. The molecule has 1 aliphatic rings. The second-order valence-corrected chi connectivity index (χ2v) is 7.53. The molecule has 1 fully saturated rings. The molecule has 1 aliphatic heterocycles. The number of nitrogens with zero attached hydrogens (tertiary/aromatic N) is 5. The lowest BCUT2D eigenvalue weighted by atomic mass is 10.2. The standard InChI is InChI=1S/C18H24N6S/c1-4-15-21-13(3)14(22-15)9-23-5-7-24(8-6-23)17-16-12(2)10-25-18(16)20-11-19-17/h10-11H,4-9H2,1-3H3,(H,21,22). The Morgan fingerprint density at radius 3 is 2.68 bits per heavy atom. The minimum atomic E-state index is 0.923. The molecular weight excluding hydrogens is 332 g/mol. The van der Waals surface area contributed by atoms with Gasteiger partial charge in [0.05, 0.1) is 11.1 Å². The Balaban J connectivity index is 1.46. The molecule has 0 amide bonds. The highest BCUT2D eigenvalue weighted by molar-refractivity contribution is 7.17. The Morgan fingerprint density at radius 1 is 1.16 bits per heavy atom. The molecule has 0 radical (unpaired) electrons. The Bertz CT molecular complexity index is 875. The Hall–Kier alpha value is -1.99. The average Bonchev–Trinajstić information content (AvgIpc) is 3.19. The topological polar surface area (TPSA) is 60.9 Å². The molecule has 1 N–H and O–H groups in total. The van der Waals surface area contributed by atoms with E-state index in [9.17, 15) is 0 Å². The molecule has 3 aromatic heterocycles. The number of H-pyrrole nitrogens is 1. The first-order valence-corrected chi connectivity index (χ1v) is 9.74. The minimum absolute atomic E-state index is 0.923. The van der Waals surface area contributed by atoms with Crippen LogP contribution < -0.4 is 4.90 Å². The van der Waals surface area contributed by atoms with Gasteiger partial charge in [-0.15, -0.1) is 11.3 Å². The molecule has 0 unspecified atom stereocenters. The predicted molar refractivity (Wildman–Crippen MR) is 102 cm³/mol. The number of hydrogen-bond donors (Lipinski definition) is 1. The van der Waals surface area contributed by atoms with Crippen molar-refractivity contribution in [3.8, 4) is 0 Å². The third-order valence-corrected chi connectivity index (χ3v) is 5.95. The second-order valence-electron chi connectivity index (χ2n) is 6.67. The molecule has 132 valence electrons. The zero-order chi connectivity index (χ0) is 17.4. The Morgan fingerprint density at radius 2 is 1.96 bits per heavy atom. The number of thiophene rings is 1. The fraction of sp³-hybridized carbons (Fsp3) is 0.500. The van der Waals surface area contributed by atoms with Gasteiger partial charge in [0.15, 0.2) is 0 Å². The third-order valence-electron chi connectivity index (χ3n) is 4.95. The summed E-state index contributed by atoms with van der Waals surface area (Å²) >= 11 is 1.70. The maximum Gasteiger partial charge on any atom is 0.141 e. The highest BCUT2D eigenvalue weighted by Crippen LogP contribution is 2.31. The van der Waals surface area contributed by atoms with Gasteiger partial charge in [-0.25, -0.2) is 15.0 Å². The van der Waals surface area contributed by atoms with Gasteiger partial charge in [-0.3, -0.25) is 4.90 Å². The van der Waals surface area contributed by atoms with Crippen LogP contribution in [0.4, 0.5) is 5.82 Å². The summed E-state index contributed by atoms with van der Waals surface area (Å²) in [6, 6.07) is 0. The predicted octanol–water partition coefficient (Wildman–Crippen LogP) is 2.92. The quantitative estimate of drug-likeness (QED) is 0.779. The molecule has 0 saturated carbocycles. The van der Waals surface area contributed by atoms with Crippen LogP contribution in [0.25, 0.3) is 10.2 Å². The van der Waals surface area contributed by atoms with Gasteiger partial charge in [0, 0.05) is 44.8 Å². The maximum atomic E-state index is 4.72. The van der Waals surface area contributed by atoms with Crippen LogP contribution in [0.1, 0.15) is 29.7 Å². The van der Waals surface area contributed by atoms with Crippen molar-refractivity contribution in [1.82, 2.24) is 24.8 Å². The molecule has 3 aromatic rings. The first-order valence-electron chi connectivity index (χ1n) is 8.86. The molecule has 7 heteroatoms. The summed E-state index contributed by atoms with van der Waals surface area (Å²) in [5, 5.41) is 3.39. The summed E-state index contributed by atoms with van der Waals surface area (Å²) in [6.45, 7) is 11.4. The SMILES string of the molecule is CCc1nc(CN2CCN(c3ncnc4scc(C)c34)CC2)c(C)[nH]1. The van der Waals surface area contributed by atoms with Gasteiger partial charge in [-0.2, -0.15) is 0 Å². The van der Waals surface area contributed by atoms with Crippen LogP contribution in [0.2, 0.25) is 0 Å². The van der Waals surface area contributed by atoms with E-state index in [0.29, 0.717) is 0 Å². The lowest BCUT2D eigenvalue weighted by Crippen LogP contribution is -2.46. The van der Waals surface area contributed by atoms with Crippen LogP contribution >= 0.6 is 11.3 Å². The maximum absolute atomic E-state index is 4.72. The lowest BCUT2D eigenvalue weighted by molar-refractivity contribution is 0.246. The van der Waals surface area contributed by atoms with Crippen LogP contribution in [-0.2, 0) is 13.0 Å². The zero-order valence-corrected chi connectivity index (χ0v) is 15.9. The van der Waals surface area contributed by atoms with Gasteiger partial charge in [0.25, 0.3) is 0 Å². The molecule has 0 aliphatic carbocycles. The molecule has 0 aromatic carbocycles. The molecule has 6 nitrogen and oxygen atoms in total. The number of rotatable bonds is 4. The minimum Gasteiger partial charge on any atom is -0.353 e. The van der Waals surface area contributed by atoms with E-state index in [1.54, 1.807) is 17.7 Å². The van der Waals surface area contributed by atoms with E-state index in [-0.39, 0.29) is 0 Å². The van der Waals surface area contributed by atoms with Crippen molar-refractivity contribution in [3.05, 3.63) is 34.5 Å². The summed E-state index contributed by atoms with van der Waals surface area (Å²) in [6.07, 6.45) is 2.65. The molecule has 0 bridgehead atoms. The van der Waals surface area contributed by atoms with Crippen molar-refractivity contribution in [2.75, 3.05) is 31.1 Å². The van der Waals surface area contributed by atoms with Gasteiger partial charge in [0.2, 0.25) is 0 Å². The second kappa shape index (κ2) is 6.72. The smallest absolute Gasteiger partial charge is 0.141 e. The van der Waals surface area contributed by atoms with Crippen LogP contribution in [0, 0.1) is 13.8 Å². The highest BCUT2D eigenvalue weighted by Gasteiger charge is 2.22. The summed E-state index contributed by atoms with van der Waals surface area (Å²) in [7, 11) is 0. The number of aromatic amines is 1. The Kier molecular flexibility index (Phi) is 4.43.